The van der Waals surface area contributed by atoms with Crippen LogP contribution in [-0.2, 0) is 37.4 Å². The largest absolute Gasteiger partial charge is 0.662 e. The number of ether oxygens (including phenoxy) is 1. The molecule has 0 aromatic carbocycles. The van der Waals surface area contributed by atoms with Crippen molar-refractivity contribution in [3.05, 3.63) is 10.6 Å². The van der Waals surface area contributed by atoms with E-state index in [9.17, 15) is 0 Å². The fraction of sp³-hybridized carbons (Fsp3) is 1.00. The van der Waals surface area contributed by atoms with Gasteiger partial charge in [0, 0.05) is 39.3 Å². The topological polar surface area (TPSA) is 37.4 Å². The van der Waals surface area contributed by atoms with Gasteiger partial charge in [0.05, 0.1) is 0 Å². The predicted octanol–water partition coefficient (Wildman–Crippen LogP) is 1.50. The first-order chi connectivity index (χ1) is 5.00. The van der Waals surface area contributed by atoms with E-state index in [1.54, 1.807) is 0 Å². The summed E-state index contributed by atoms with van der Waals surface area (Å²) in [6.07, 6.45) is 2.67. The number of hydrogen-bond donors (Lipinski definition) is 0. The van der Waals surface area contributed by atoms with Gasteiger partial charge in [-0.1, -0.05) is 12.8 Å². The Kier molecular flexibility index (Phi) is 9.89. The first-order valence-corrected chi connectivity index (χ1v) is 3.84. The molecule has 0 aromatic rings. The molecular weight excluding hydrogens is 217 g/mol. The van der Waals surface area contributed by atoms with Crippen LogP contribution in [0.5, 0.6) is 0 Å². The summed E-state index contributed by atoms with van der Waals surface area (Å²) in [5.74, 6) is 0. The maximum absolute atomic E-state index is 4.78. The molecule has 0 saturated carbocycles. The molecule has 63 valence electrons. The molecule has 1 radical (unpaired) electrons. The van der Waals surface area contributed by atoms with Crippen LogP contribution in [0.4, 0.5) is 0 Å². The van der Waals surface area contributed by atoms with E-state index in [0.717, 1.165) is 26.2 Å². The van der Waals surface area contributed by atoms with E-state index in [1.165, 1.54) is 12.8 Å². The monoisotopic (exact) mass is 231 g/mol. The van der Waals surface area contributed by atoms with Crippen molar-refractivity contribution < 1.29 is 37.4 Å². The second-order valence-corrected chi connectivity index (χ2v) is 2.36. The zero-order valence-corrected chi connectivity index (χ0v) is 9.67. The molecule has 2 aliphatic heterocycles. The molecule has 0 unspecified atom stereocenters. The van der Waals surface area contributed by atoms with Gasteiger partial charge < -0.3 is 15.4 Å². The Balaban J connectivity index is 0.000000167. The molecule has 0 amide bonds. The second-order valence-electron chi connectivity index (χ2n) is 2.36. The average Bonchev–Trinajstić information content (AvgIpc) is 2.67. The third kappa shape index (κ3) is 7.35. The molecule has 0 aromatic heterocycles. The summed E-state index contributed by atoms with van der Waals surface area (Å²) in [6, 6.07) is 0. The molecule has 2 heterocycles. The van der Waals surface area contributed by atoms with Crippen molar-refractivity contribution in [2.75, 3.05) is 33.0 Å². The maximum atomic E-state index is 4.78. The molecule has 2 saturated heterocycles. The minimum atomic E-state index is 0. The van der Waals surface area contributed by atoms with E-state index >= 15 is 0 Å². The second kappa shape index (κ2) is 9.07. The standard InChI is InChI=1S/C4H8N.C3H6NO.Y/c1-2-4-5-3-1;1-2-5-3-4-1;/h1-4H2;1-3H2;/q2*-1;. The SMILES string of the molecule is C1CC[N-]C1.C1COC[N-]1.[Y]. The van der Waals surface area contributed by atoms with Gasteiger partial charge >= 0.3 is 0 Å². The molecule has 3 nitrogen and oxygen atoms in total. The van der Waals surface area contributed by atoms with Crippen molar-refractivity contribution in [3.63, 3.8) is 0 Å². The summed E-state index contributed by atoms with van der Waals surface area (Å²) < 4.78 is 4.78. The first-order valence-electron chi connectivity index (χ1n) is 3.84. The summed E-state index contributed by atoms with van der Waals surface area (Å²) in [6.45, 7) is 4.61. The van der Waals surface area contributed by atoms with Crippen LogP contribution in [-0.4, -0.2) is 33.0 Å². The van der Waals surface area contributed by atoms with E-state index in [2.05, 4.69) is 10.6 Å². The van der Waals surface area contributed by atoms with Crippen molar-refractivity contribution in [1.82, 2.24) is 0 Å². The maximum Gasteiger partial charge on any atom is 0.0254 e. The Morgan fingerprint density at radius 2 is 1.64 bits per heavy atom. The normalized spacial score (nSPS) is 21.8. The van der Waals surface area contributed by atoms with Gasteiger partial charge in [0.15, 0.2) is 0 Å². The van der Waals surface area contributed by atoms with Crippen LogP contribution in [0.2, 0.25) is 0 Å². The number of nitrogens with zero attached hydrogens (tertiary/aromatic N) is 2. The Labute approximate surface area is 93.5 Å². The van der Waals surface area contributed by atoms with Crippen LogP contribution in [0.3, 0.4) is 0 Å². The van der Waals surface area contributed by atoms with Gasteiger partial charge in [-0.2, -0.15) is 0 Å². The van der Waals surface area contributed by atoms with Gasteiger partial charge in [0.2, 0.25) is 0 Å². The Morgan fingerprint density at radius 1 is 0.909 bits per heavy atom. The number of hydrogen-bond acceptors (Lipinski definition) is 1. The zero-order valence-electron chi connectivity index (χ0n) is 6.83. The third-order valence-electron chi connectivity index (χ3n) is 1.46. The van der Waals surface area contributed by atoms with Gasteiger partial charge in [0.1, 0.15) is 0 Å². The third-order valence-corrected chi connectivity index (χ3v) is 1.46. The Bertz CT molecular complexity index is 49.6. The molecule has 0 bridgehead atoms. The predicted molar refractivity (Wildman–Crippen MR) is 41.4 cm³/mol. The summed E-state index contributed by atoms with van der Waals surface area (Å²) in [5.41, 5.74) is 0. The van der Waals surface area contributed by atoms with E-state index in [1.807, 2.05) is 0 Å². The van der Waals surface area contributed by atoms with Crippen molar-refractivity contribution in [2.45, 2.75) is 12.8 Å². The fourth-order valence-electron chi connectivity index (χ4n) is 0.882. The van der Waals surface area contributed by atoms with Crippen LogP contribution in [0.25, 0.3) is 10.6 Å². The number of rotatable bonds is 0. The van der Waals surface area contributed by atoms with E-state index in [4.69, 9.17) is 4.74 Å². The molecule has 2 aliphatic rings. The summed E-state index contributed by atoms with van der Waals surface area (Å²) in [7, 11) is 0. The molecule has 2 fully saturated rings. The Morgan fingerprint density at radius 3 is 1.82 bits per heavy atom. The van der Waals surface area contributed by atoms with Crippen molar-refractivity contribution in [3.8, 4) is 0 Å². The summed E-state index contributed by atoms with van der Waals surface area (Å²) in [5, 5.41) is 7.94. The van der Waals surface area contributed by atoms with Crippen molar-refractivity contribution in [2.24, 2.45) is 0 Å². The zero-order chi connectivity index (χ0) is 7.07. The minimum Gasteiger partial charge on any atom is -0.662 e. The van der Waals surface area contributed by atoms with Gasteiger partial charge in [-0.25, -0.2) is 0 Å². The molecule has 0 atom stereocenters. The summed E-state index contributed by atoms with van der Waals surface area (Å²) >= 11 is 0. The fourth-order valence-corrected chi connectivity index (χ4v) is 0.882. The summed E-state index contributed by atoms with van der Waals surface area (Å²) in [4.78, 5) is 0. The van der Waals surface area contributed by atoms with Crippen LogP contribution >= 0.6 is 0 Å². The van der Waals surface area contributed by atoms with Gasteiger partial charge in [-0.05, 0) is 6.73 Å². The van der Waals surface area contributed by atoms with Gasteiger partial charge in [0.25, 0.3) is 0 Å². The Hall–Kier alpha value is 0.984. The van der Waals surface area contributed by atoms with Crippen LogP contribution in [0.1, 0.15) is 12.8 Å². The van der Waals surface area contributed by atoms with Crippen LogP contribution < -0.4 is 0 Å². The van der Waals surface area contributed by atoms with Crippen LogP contribution in [0.15, 0.2) is 0 Å². The van der Waals surface area contributed by atoms with E-state index < -0.39 is 0 Å². The quantitative estimate of drug-likeness (QED) is 0.622. The molecule has 2 rings (SSSR count). The van der Waals surface area contributed by atoms with Gasteiger partial charge in [-0.3, -0.25) is 0 Å². The smallest absolute Gasteiger partial charge is 0.0254 e. The van der Waals surface area contributed by atoms with E-state index in [0.29, 0.717) is 6.73 Å². The van der Waals surface area contributed by atoms with Crippen molar-refractivity contribution >= 4 is 0 Å². The molecule has 11 heavy (non-hydrogen) atoms. The first kappa shape index (κ1) is 12.0. The molecule has 4 heteroatoms. The minimum absolute atomic E-state index is 0. The van der Waals surface area contributed by atoms with Crippen molar-refractivity contribution in [1.29, 1.82) is 0 Å². The van der Waals surface area contributed by atoms with Crippen LogP contribution in [0, 0.1) is 0 Å². The molecule has 0 aliphatic carbocycles. The molecular formula is C7H14N2OY-2. The molecule has 0 spiro atoms. The van der Waals surface area contributed by atoms with E-state index in [-0.39, 0.29) is 32.7 Å². The van der Waals surface area contributed by atoms with Gasteiger partial charge in [-0.15, -0.1) is 19.6 Å². The average molecular weight is 231 g/mol. The molecule has 0 N–H and O–H groups in total.